The Labute approximate surface area is 132 Å². The minimum absolute atomic E-state index is 0.348. The van der Waals surface area contributed by atoms with Crippen LogP contribution in [0.2, 0.25) is 0 Å². The highest BCUT2D eigenvalue weighted by Crippen LogP contribution is 2.33. The summed E-state index contributed by atoms with van der Waals surface area (Å²) < 4.78 is 27.5. The maximum atomic E-state index is 12.7. The minimum atomic E-state index is -3.42. The van der Waals surface area contributed by atoms with Crippen molar-refractivity contribution < 1.29 is 8.42 Å². The number of halogens is 1. The lowest BCUT2D eigenvalue weighted by Crippen LogP contribution is -2.50. The second-order valence-electron chi connectivity index (χ2n) is 5.09. The lowest BCUT2D eigenvalue weighted by Gasteiger charge is -2.36. The van der Waals surface area contributed by atoms with Gasteiger partial charge in [-0.2, -0.15) is 4.31 Å². The predicted molar refractivity (Wildman–Crippen MR) is 85.4 cm³/mol. The molecule has 0 aromatic carbocycles. The first kappa shape index (κ1) is 16.4. The molecule has 5 nitrogen and oxygen atoms in total. The van der Waals surface area contributed by atoms with Crippen molar-refractivity contribution >= 4 is 37.3 Å². The Kier molecular flexibility index (Phi) is 5.25. The number of piperazine rings is 1. The fourth-order valence-electron chi connectivity index (χ4n) is 2.27. The molecule has 2 N–H and O–H groups in total. The fraction of sp³-hybridized carbons (Fsp3) is 0.667. The van der Waals surface area contributed by atoms with Crippen molar-refractivity contribution in [1.82, 2.24) is 9.21 Å². The summed E-state index contributed by atoms with van der Waals surface area (Å²) >= 11 is 4.73. The molecule has 2 heterocycles. The van der Waals surface area contributed by atoms with E-state index in [9.17, 15) is 8.42 Å². The molecular weight excluding hydrogens is 362 g/mol. The number of thiophene rings is 1. The molecular formula is C12H20BrN3O2S2. The van der Waals surface area contributed by atoms with Gasteiger partial charge in [0, 0.05) is 43.6 Å². The Morgan fingerprint density at radius 1 is 1.35 bits per heavy atom. The van der Waals surface area contributed by atoms with E-state index in [0.29, 0.717) is 34.4 Å². The summed E-state index contributed by atoms with van der Waals surface area (Å²) in [6.07, 6.45) is 0. The third kappa shape index (κ3) is 3.26. The van der Waals surface area contributed by atoms with Crippen molar-refractivity contribution in [1.29, 1.82) is 0 Å². The summed E-state index contributed by atoms with van der Waals surface area (Å²) in [6, 6.07) is 2.13. The van der Waals surface area contributed by atoms with E-state index in [1.54, 1.807) is 10.4 Å². The number of hydrogen-bond donors (Lipinski definition) is 1. The summed E-state index contributed by atoms with van der Waals surface area (Å²) in [5, 5.41) is 0. The highest BCUT2D eigenvalue weighted by molar-refractivity contribution is 9.11. The average Bonchev–Trinajstić information content (AvgIpc) is 2.81. The molecule has 2 rings (SSSR count). The molecule has 1 fully saturated rings. The molecule has 0 bridgehead atoms. The van der Waals surface area contributed by atoms with Crippen LogP contribution >= 0.6 is 27.3 Å². The number of rotatable bonds is 4. The number of hydrogen-bond acceptors (Lipinski definition) is 5. The Bertz CT molecular complexity index is 563. The molecule has 20 heavy (non-hydrogen) atoms. The SMILES string of the molecule is CC(C)N1CCN(S(=O)(=O)c2cc(CN)sc2Br)CC1. The molecule has 1 aliphatic heterocycles. The molecule has 0 atom stereocenters. The van der Waals surface area contributed by atoms with Gasteiger partial charge in [0.25, 0.3) is 0 Å². The molecule has 0 saturated carbocycles. The van der Waals surface area contributed by atoms with Crippen LogP contribution in [0.3, 0.4) is 0 Å². The van der Waals surface area contributed by atoms with Crippen molar-refractivity contribution in [3.8, 4) is 0 Å². The van der Waals surface area contributed by atoms with Gasteiger partial charge in [0.15, 0.2) is 0 Å². The standard InChI is InChI=1S/C12H20BrN3O2S2/c1-9(2)15-3-5-16(6-4-15)20(17,18)11-7-10(8-14)19-12(11)13/h7,9H,3-6,8,14H2,1-2H3. The van der Waals surface area contributed by atoms with Crippen LogP contribution in [-0.2, 0) is 16.6 Å². The molecule has 114 valence electrons. The summed E-state index contributed by atoms with van der Waals surface area (Å²) in [5.74, 6) is 0. The van der Waals surface area contributed by atoms with E-state index in [-0.39, 0.29) is 0 Å². The summed E-state index contributed by atoms with van der Waals surface area (Å²) in [5.41, 5.74) is 5.58. The summed E-state index contributed by atoms with van der Waals surface area (Å²) in [6.45, 7) is 7.27. The second-order valence-corrected chi connectivity index (χ2v) is 9.45. The third-order valence-corrected chi connectivity index (χ3v) is 7.70. The van der Waals surface area contributed by atoms with Crippen LogP contribution in [0.15, 0.2) is 14.7 Å². The largest absolute Gasteiger partial charge is 0.326 e. The predicted octanol–water partition coefficient (Wildman–Crippen LogP) is 1.68. The Morgan fingerprint density at radius 2 is 1.95 bits per heavy atom. The van der Waals surface area contributed by atoms with E-state index < -0.39 is 10.0 Å². The second kappa shape index (κ2) is 6.41. The normalized spacial score (nSPS) is 18.9. The van der Waals surface area contributed by atoms with Gasteiger partial charge in [-0.15, -0.1) is 11.3 Å². The van der Waals surface area contributed by atoms with Crippen molar-refractivity contribution in [3.05, 3.63) is 14.7 Å². The average molecular weight is 382 g/mol. The van der Waals surface area contributed by atoms with Gasteiger partial charge < -0.3 is 5.73 Å². The van der Waals surface area contributed by atoms with Crippen LogP contribution in [0.1, 0.15) is 18.7 Å². The summed E-state index contributed by atoms with van der Waals surface area (Å²) in [7, 11) is -3.42. The van der Waals surface area contributed by atoms with E-state index in [2.05, 4.69) is 34.7 Å². The van der Waals surface area contributed by atoms with E-state index in [1.807, 2.05) is 0 Å². The number of nitrogens with two attached hydrogens (primary N) is 1. The van der Waals surface area contributed by atoms with E-state index in [1.165, 1.54) is 11.3 Å². The molecule has 0 aliphatic carbocycles. The zero-order chi connectivity index (χ0) is 14.9. The monoisotopic (exact) mass is 381 g/mol. The van der Waals surface area contributed by atoms with Crippen molar-refractivity contribution in [2.45, 2.75) is 31.3 Å². The first-order valence-electron chi connectivity index (χ1n) is 6.58. The van der Waals surface area contributed by atoms with Gasteiger partial charge >= 0.3 is 0 Å². The molecule has 8 heteroatoms. The molecule has 0 unspecified atom stereocenters. The first-order chi connectivity index (χ1) is 9.36. The van der Waals surface area contributed by atoms with Crippen LogP contribution in [-0.4, -0.2) is 49.8 Å². The van der Waals surface area contributed by atoms with Crippen molar-refractivity contribution in [2.75, 3.05) is 26.2 Å². The zero-order valence-corrected chi connectivity index (χ0v) is 14.9. The fourth-order valence-corrected chi connectivity index (χ4v) is 6.21. The van der Waals surface area contributed by atoms with Gasteiger partial charge in [-0.1, -0.05) is 0 Å². The van der Waals surface area contributed by atoms with Crippen LogP contribution in [0, 0.1) is 0 Å². The molecule has 0 radical (unpaired) electrons. The van der Waals surface area contributed by atoms with E-state index >= 15 is 0 Å². The lowest BCUT2D eigenvalue weighted by atomic mass is 10.3. The third-order valence-electron chi connectivity index (χ3n) is 3.53. The molecule has 1 aromatic rings. The van der Waals surface area contributed by atoms with Gasteiger partial charge in [-0.3, -0.25) is 4.90 Å². The smallest absolute Gasteiger partial charge is 0.245 e. The van der Waals surface area contributed by atoms with Crippen molar-refractivity contribution in [2.24, 2.45) is 5.73 Å². The topological polar surface area (TPSA) is 66.6 Å². The van der Waals surface area contributed by atoms with Gasteiger partial charge in [-0.25, -0.2) is 8.42 Å². The number of sulfonamides is 1. The number of nitrogens with zero attached hydrogens (tertiary/aromatic N) is 2. The Morgan fingerprint density at radius 3 is 2.40 bits per heavy atom. The van der Waals surface area contributed by atoms with Gasteiger partial charge in [0.05, 0.1) is 3.79 Å². The van der Waals surface area contributed by atoms with Crippen LogP contribution in [0.5, 0.6) is 0 Å². The van der Waals surface area contributed by atoms with Gasteiger partial charge in [0.1, 0.15) is 4.90 Å². The van der Waals surface area contributed by atoms with E-state index in [4.69, 9.17) is 5.73 Å². The molecule has 0 amide bonds. The zero-order valence-electron chi connectivity index (χ0n) is 11.7. The molecule has 1 saturated heterocycles. The molecule has 1 aliphatic rings. The van der Waals surface area contributed by atoms with Gasteiger partial charge in [-0.05, 0) is 35.8 Å². The maximum Gasteiger partial charge on any atom is 0.245 e. The Hall–Kier alpha value is 0.01000. The van der Waals surface area contributed by atoms with E-state index in [0.717, 1.165) is 18.0 Å². The quantitative estimate of drug-likeness (QED) is 0.861. The Balaban J connectivity index is 2.17. The minimum Gasteiger partial charge on any atom is -0.326 e. The van der Waals surface area contributed by atoms with Crippen LogP contribution < -0.4 is 5.73 Å². The first-order valence-corrected chi connectivity index (χ1v) is 9.63. The van der Waals surface area contributed by atoms with Crippen molar-refractivity contribution in [3.63, 3.8) is 0 Å². The molecule has 0 spiro atoms. The van der Waals surface area contributed by atoms with Crippen LogP contribution in [0.4, 0.5) is 0 Å². The lowest BCUT2D eigenvalue weighted by molar-refractivity contribution is 0.154. The highest BCUT2D eigenvalue weighted by atomic mass is 79.9. The highest BCUT2D eigenvalue weighted by Gasteiger charge is 2.31. The maximum absolute atomic E-state index is 12.7. The molecule has 1 aromatic heterocycles. The summed E-state index contributed by atoms with van der Waals surface area (Å²) in [4.78, 5) is 3.51. The van der Waals surface area contributed by atoms with Crippen LogP contribution in [0.25, 0.3) is 0 Å². The van der Waals surface area contributed by atoms with Gasteiger partial charge in [0.2, 0.25) is 10.0 Å².